The highest BCUT2D eigenvalue weighted by Gasteiger charge is 2.26. The summed E-state index contributed by atoms with van der Waals surface area (Å²) in [7, 11) is 0. The van der Waals surface area contributed by atoms with Crippen molar-refractivity contribution in [1.82, 2.24) is 19.8 Å². The number of ether oxygens (including phenoxy) is 1. The van der Waals surface area contributed by atoms with Gasteiger partial charge >= 0.3 is 6.09 Å². The monoisotopic (exact) mass is 432 g/mol. The molecule has 1 aliphatic heterocycles. The Morgan fingerprint density at radius 2 is 1.97 bits per heavy atom. The molecule has 30 heavy (non-hydrogen) atoms. The zero-order chi connectivity index (χ0) is 21.3. The average Bonchev–Trinajstić information content (AvgIpc) is 3.10. The molecule has 0 radical (unpaired) electrons. The van der Waals surface area contributed by atoms with Gasteiger partial charge in [0.1, 0.15) is 10.7 Å². The van der Waals surface area contributed by atoms with Crippen LogP contribution in [0.2, 0.25) is 0 Å². The largest absolute Gasteiger partial charge is 0.450 e. The van der Waals surface area contributed by atoms with Crippen LogP contribution in [0.4, 0.5) is 4.79 Å². The first-order valence-corrected chi connectivity index (χ1v) is 11.5. The fraction of sp³-hybridized carbons (Fsp3) is 0.619. The summed E-state index contributed by atoms with van der Waals surface area (Å²) in [5, 5.41) is 0.743. The number of hydrogen-bond donors (Lipinski definition) is 1. The predicted molar refractivity (Wildman–Crippen MR) is 115 cm³/mol. The van der Waals surface area contributed by atoms with E-state index in [9.17, 15) is 14.4 Å². The highest BCUT2D eigenvalue weighted by atomic mass is 32.1. The number of rotatable bonds is 4. The molecule has 1 unspecified atom stereocenters. The Kier molecular flexibility index (Phi) is 6.08. The Morgan fingerprint density at radius 3 is 2.70 bits per heavy atom. The normalized spacial score (nSPS) is 19.1. The first kappa shape index (κ1) is 20.8. The molecule has 162 valence electrons. The number of carbonyl (C=O) groups is 2. The van der Waals surface area contributed by atoms with Crippen molar-refractivity contribution < 1.29 is 14.3 Å². The standard InChI is InChI=1S/C21H28N4O4S/c1-3-29-21(28)25-10-8-24(9-11-25)17(26)7-6-16-22-19(27)18-14-5-4-13(2)12-15(14)30-20(18)23-16/h13H,3-12H2,1-2H3,(H,22,23,27). The van der Waals surface area contributed by atoms with Gasteiger partial charge in [-0.3, -0.25) is 9.59 Å². The Labute approximate surface area is 179 Å². The van der Waals surface area contributed by atoms with Gasteiger partial charge in [-0.05, 0) is 37.7 Å². The van der Waals surface area contributed by atoms with Gasteiger partial charge in [0.15, 0.2) is 0 Å². The van der Waals surface area contributed by atoms with E-state index in [1.54, 1.807) is 28.1 Å². The van der Waals surface area contributed by atoms with Crippen LogP contribution in [0.5, 0.6) is 0 Å². The van der Waals surface area contributed by atoms with Crippen LogP contribution in [0.1, 0.15) is 43.0 Å². The van der Waals surface area contributed by atoms with Crippen molar-refractivity contribution >= 4 is 33.6 Å². The van der Waals surface area contributed by atoms with E-state index in [4.69, 9.17) is 4.74 Å². The number of carbonyl (C=O) groups excluding carboxylic acids is 2. The first-order valence-electron chi connectivity index (χ1n) is 10.7. The van der Waals surface area contributed by atoms with Crippen LogP contribution in [0.3, 0.4) is 0 Å². The van der Waals surface area contributed by atoms with Crippen LogP contribution >= 0.6 is 11.3 Å². The van der Waals surface area contributed by atoms with Crippen molar-refractivity contribution in [2.45, 2.75) is 46.0 Å². The lowest BCUT2D eigenvalue weighted by Crippen LogP contribution is -2.50. The van der Waals surface area contributed by atoms with Crippen LogP contribution < -0.4 is 5.56 Å². The third kappa shape index (κ3) is 4.21. The zero-order valence-electron chi connectivity index (χ0n) is 17.5. The van der Waals surface area contributed by atoms with Crippen molar-refractivity contribution in [3.8, 4) is 0 Å². The van der Waals surface area contributed by atoms with Gasteiger partial charge in [0.25, 0.3) is 5.56 Å². The third-order valence-corrected chi connectivity index (χ3v) is 7.10. The highest BCUT2D eigenvalue weighted by molar-refractivity contribution is 7.18. The summed E-state index contributed by atoms with van der Waals surface area (Å²) in [4.78, 5) is 50.1. The summed E-state index contributed by atoms with van der Waals surface area (Å²) >= 11 is 1.63. The highest BCUT2D eigenvalue weighted by Crippen LogP contribution is 2.35. The zero-order valence-corrected chi connectivity index (χ0v) is 18.3. The number of nitrogens with zero attached hydrogens (tertiary/aromatic N) is 3. The van der Waals surface area contributed by atoms with Gasteiger partial charge in [-0.25, -0.2) is 9.78 Å². The number of thiophene rings is 1. The molecule has 2 aromatic rings. The molecule has 1 N–H and O–H groups in total. The number of hydrogen-bond acceptors (Lipinski definition) is 6. The molecule has 1 fully saturated rings. The van der Waals surface area contributed by atoms with E-state index in [2.05, 4.69) is 16.9 Å². The van der Waals surface area contributed by atoms with Gasteiger partial charge in [0.2, 0.25) is 5.91 Å². The van der Waals surface area contributed by atoms with E-state index in [0.29, 0.717) is 50.9 Å². The second-order valence-corrected chi connectivity index (χ2v) is 9.19. The molecular weight excluding hydrogens is 404 g/mol. The smallest absolute Gasteiger partial charge is 0.409 e. The van der Waals surface area contributed by atoms with Gasteiger partial charge in [0, 0.05) is 43.9 Å². The molecule has 0 spiro atoms. The number of H-pyrrole nitrogens is 1. The van der Waals surface area contributed by atoms with Gasteiger partial charge < -0.3 is 19.5 Å². The van der Waals surface area contributed by atoms with Crippen LogP contribution in [0.25, 0.3) is 10.2 Å². The molecule has 0 saturated carbocycles. The number of nitrogens with one attached hydrogen (secondary N) is 1. The van der Waals surface area contributed by atoms with E-state index in [1.165, 1.54) is 10.4 Å². The summed E-state index contributed by atoms with van der Waals surface area (Å²) < 4.78 is 5.01. The maximum atomic E-state index is 12.7. The quantitative estimate of drug-likeness (QED) is 0.800. The van der Waals surface area contributed by atoms with Crippen molar-refractivity contribution in [3.05, 3.63) is 26.6 Å². The minimum atomic E-state index is -0.326. The second-order valence-electron chi connectivity index (χ2n) is 8.11. The lowest BCUT2D eigenvalue weighted by atomic mass is 9.89. The number of fused-ring (bicyclic) bond motifs is 3. The molecule has 2 aromatic heterocycles. The fourth-order valence-corrected chi connectivity index (χ4v) is 5.65. The fourth-order valence-electron chi connectivity index (χ4n) is 4.25. The average molecular weight is 433 g/mol. The molecule has 4 rings (SSSR count). The van der Waals surface area contributed by atoms with Crippen molar-refractivity contribution in [2.24, 2.45) is 5.92 Å². The van der Waals surface area contributed by atoms with E-state index < -0.39 is 0 Å². The third-order valence-electron chi connectivity index (χ3n) is 5.95. The minimum Gasteiger partial charge on any atom is -0.450 e. The Morgan fingerprint density at radius 1 is 1.23 bits per heavy atom. The van der Waals surface area contributed by atoms with Crippen LogP contribution in [0, 0.1) is 5.92 Å². The van der Waals surface area contributed by atoms with Crippen molar-refractivity contribution in [2.75, 3.05) is 32.8 Å². The van der Waals surface area contributed by atoms with E-state index in [1.807, 2.05) is 0 Å². The lowest BCUT2D eigenvalue weighted by Gasteiger charge is -2.34. The van der Waals surface area contributed by atoms with Crippen LogP contribution in [0.15, 0.2) is 4.79 Å². The molecule has 2 amide bonds. The van der Waals surface area contributed by atoms with Crippen molar-refractivity contribution in [3.63, 3.8) is 0 Å². The summed E-state index contributed by atoms with van der Waals surface area (Å²) in [6, 6.07) is 0. The molecule has 0 aromatic carbocycles. The van der Waals surface area contributed by atoms with Crippen LogP contribution in [-0.2, 0) is 28.8 Å². The van der Waals surface area contributed by atoms with Gasteiger partial charge in [-0.1, -0.05) is 6.92 Å². The number of amides is 2. The van der Waals surface area contributed by atoms with Gasteiger partial charge in [-0.15, -0.1) is 11.3 Å². The molecule has 9 heteroatoms. The maximum absolute atomic E-state index is 12.7. The minimum absolute atomic E-state index is 0.0144. The Hall–Kier alpha value is -2.42. The lowest BCUT2D eigenvalue weighted by molar-refractivity contribution is -0.132. The molecule has 0 bridgehead atoms. The predicted octanol–water partition coefficient (Wildman–Crippen LogP) is 2.34. The number of aromatic nitrogens is 2. The molecule has 1 aliphatic carbocycles. The van der Waals surface area contributed by atoms with E-state index >= 15 is 0 Å². The van der Waals surface area contributed by atoms with E-state index in [0.717, 1.165) is 29.5 Å². The first-order chi connectivity index (χ1) is 14.5. The molecule has 8 nitrogen and oxygen atoms in total. The van der Waals surface area contributed by atoms with Gasteiger partial charge in [-0.2, -0.15) is 0 Å². The maximum Gasteiger partial charge on any atom is 0.409 e. The van der Waals surface area contributed by atoms with Gasteiger partial charge in [0.05, 0.1) is 12.0 Å². The van der Waals surface area contributed by atoms with Crippen molar-refractivity contribution in [1.29, 1.82) is 0 Å². The Bertz CT molecular complexity index is 1010. The summed E-state index contributed by atoms with van der Waals surface area (Å²) in [5.41, 5.74) is 1.08. The molecular formula is C21H28N4O4S. The topological polar surface area (TPSA) is 95.6 Å². The summed E-state index contributed by atoms with van der Waals surface area (Å²) in [5.74, 6) is 1.23. The number of aromatic amines is 1. The van der Waals surface area contributed by atoms with E-state index in [-0.39, 0.29) is 24.0 Å². The SMILES string of the molecule is CCOC(=O)N1CCN(C(=O)CCc2nc3sc4c(c3c(=O)[nH]2)CCC(C)C4)CC1. The Balaban J connectivity index is 1.38. The number of piperazine rings is 1. The summed E-state index contributed by atoms with van der Waals surface area (Å²) in [6.07, 6.45) is 3.43. The number of aryl methyl sites for hydroxylation is 2. The molecule has 1 saturated heterocycles. The van der Waals surface area contributed by atoms with Crippen LogP contribution in [-0.4, -0.2) is 64.6 Å². The molecule has 1 atom stereocenters. The summed E-state index contributed by atoms with van der Waals surface area (Å²) in [6.45, 7) is 6.32. The molecule has 2 aliphatic rings. The second kappa shape index (κ2) is 8.75. The molecule has 3 heterocycles.